The average molecular weight is 590 g/mol. The number of hydrazine groups is 1. The van der Waals surface area contributed by atoms with E-state index in [2.05, 4.69) is 16.1 Å². The van der Waals surface area contributed by atoms with Crippen molar-refractivity contribution in [2.45, 2.75) is 28.9 Å². The quantitative estimate of drug-likeness (QED) is 0.186. The Kier molecular flexibility index (Phi) is 8.79. The van der Waals surface area contributed by atoms with Crippen LogP contribution in [0.5, 0.6) is 17.2 Å². The van der Waals surface area contributed by atoms with Crippen LogP contribution in [0.25, 0.3) is 5.43 Å². The molecule has 3 heterocycles. The molecule has 41 heavy (non-hydrogen) atoms. The van der Waals surface area contributed by atoms with E-state index in [0.29, 0.717) is 68.9 Å². The Morgan fingerprint density at radius 1 is 1.12 bits per heavy atom. The molecule has 2 aromatic rings. The van der Waals surface area contributed by atoms with Crippen molar-refractivity contribution in [1.29, 1.82) is 0 Å². The van der Waals surface area contributed by atoms with E-state index in [4.69, 9.17) is 18.9 Å². The van der Waals surface area contributed by atoms with E-state index < -0.39 is 20.5 Å². The Morgan fingerprint density at radius 3 is 2.61 bits per heavy atom. The van der Waals surface area contributed by atoms with Crippen LogP contribution in [0, 0.1) is 0 Å². The highest BCUT2D eigenvalue weighted by atomic mass is 32.2. The number of benzene rings is 2. The number of ether oxygens (including phenoxy) is 4. The van der Waals surface area contributed by atoms with Crippen molar-refractivity contribution in [2.75, 3.05) is 53.3 Å². The number of hydrogen-bond acceptors (Lipinski definition) is 12. The fraction of sp³-hybridized carbons (Fsp3) is 0.462. The van der Waals surface area contributed by atoms with Gasteiger partial charge in [0.1, 0.15) is 5.75 Å². The molecule has 15 heteroatoms. The van der Waals surface area contributed by atoms with Gasteiger partial charge in [0.05, 0.1) is 18.1 Å². The lowest BCUT2D eigenvalue weighted by molar-refractivity contribution is -0.133. The second-order valence-electron chi connectivity index (χ2n) is 9.77. The molecule has 14 nitrogen and oxygen atoms in total. The van der Waals surface area contributed by atoms with E-state index in [0.717, 1.165) is 5.56 Å². The van der Waals surface area contributed by atoms with E-state index in [1.165, 1.54) is 12.1 Å². The molecule has 1 fully saturated rings. The number of nitrogens with one attached hydrogen (secondary N) is 2. The van der Waals surface area contributed by atoms with Crippen molar-refractivity contribution in [2.24, 2.45) is 5.10 Å². The normalized spacial score (nSPS) is 18.1. The summed E-state index contributed by atoms with van der Waals surface area (Å²) in [7, 11) is -2.51. The third-order valence-electron chi connectivity index (χ3n) is 7.34. The number of piperidine rings is 1. The maximum absolute atomic E-state index is 13.6. The molecule has 0 spiro atoms. The average Bonchev–Trinajstić information content (AvgIpc) is 3.68. The molecule has 0 unspecified atom stereocenters. The summed E-state index contributed by atoms with van der Waals surface area (Å²) in [6, 6.07) is 11.5. The van der Waals surface area contributed by atoms with E-state index >= 15 is 0 Å². The van der Waals surface area contributed by atoms with Crippen molar-refractivity contribution in [3.05, 3.63) is 53.5 Å². The van der Waals surface area contributed by atoms with Crippen molar-refractivity contribution in [3.63, 3.8) is 0 Å². The minimum atomic E-state index is -4.10. The summed E-state index contributed by atoms with van der Waals surface area (Å²) in [4.78, 5) is 14.7. The molecule has 0 aromatic heterocycles. The van der Waals surface area contributed by atoms with Crippen LogP contribution in [-0.2, 0) is 19.4 Å². The zero-order valence-corrected chi connectivity index (χ0v) is 23.4. The minimum absolute atomic E-state index is 0.00736. The topological polar surface area (TPSA) is 165 Å². The van der Waals surface area contributed by atoms with Gasteiger partial charge in [-0.25, -0.2) is 19.4 Å². The van der Waals surface area contributed by atoms with E-state index in [1.807, 2.05) is 23.1 Å². The zero-order valence-electron chi connectivity index (χ0n) is 22.6. The SMILES string of the molecule is COCCN1CCC(C(=O)NO)(S(=O)(=O)c2ccc(OCCCN3N=C(c4ccc5c(c4)OCO5)[N-]N3)cc2)CC1. The Hall–Kier alpha value is -3.63. The van der Waals surface area contributed by atoms with Gasteiger partial charge in [0, 0.05) is 39.7 Å². The first-order chi connectivity index (χ1) is 19.9. The first-order valence-electron chi connectivity index (χ1n) is 13.2. The number of nitrogens with zero attached hydrogens (tertiary/aromatic N) is 4. The number of fused-ring (bicyclic) bond motifs is 1. The Balaban J connectivity index is 1.14. The van der Waals surface area contributed by atoms with Gasteiger partial charge in [-0.15, -0.1) is 0 Å². The number of amides is 1. The molecule has 0 bridgehead atoms. The van der Waals surface area contributed by atoms with Gasteiger partial charge in [-0.05, 0) is 60.6 Å². The molecule has 1 amide bonds. The molecule has 3 aliphatic rings. The Labute approximate surface area is 238 Å². The maximum Gasteiger partial charge on any atom is 0.265 e. The number of methoxy groups -OCH3 is 1. The van der Waals surface area contributed by atoms with Crippen molar-refractivity contribution in [3.8, 4) is 17.2 Å². The monoisotopic (exact) mass is 589 g/mol. The Morgan fingerprint density at radius 2 is 1.88 bits per heavy atom. The Bertz CT molecular complexity index is 1360. The summed E-state index contributed by atoms with van der Waals surface area (Å²) in [5.41, 5.74) is 9.47. The molecule has 1 saturated heterocycles. The molecule has 3 aliphatic heterocycles. The van der Waals surface area contributed by atoms with Gasteiger partial charge in [0.2, 0.25) is 6.79 Å². The van der Waals surface area contributed by atoms with Crippen LogP contribution in [-0.4, -0.2) is 93.4 Å². The predicted octanol–water partition coefficient (Wildman–Crippen LogP) is 1.42. The fourth-order valence-electron chi connectivity index (χ4n) is 4.94. The smallest absolute Gasteiger partial charge is 0.265 e. The van der Waals surface area contributed by atoms with Gasteiger partial charge in [0.25, 0.3) is 5.91 Å². The molecular formula is C26H33N6O8S-. The largest absolute Gasteiger partial charge is 0.494 e. The highest BCUT2D eigenvalue weighted by molar-refractivity contribution is 7.93. The van der Waals surface area contributed by atoms with Crippen LogP contribution in [0.1, 0.15) is 24.8 Å². The van der Waals surface area contributed by atoms with Gasteiger partial charge in [-0.2, -0.15) is 0 Å². The molecule has 5 rings (SSSR count). The predicted molar refractivity (Wildman–Crippen MR) is 146 cm³/mol. The summed E-state index contributed by atoms with van der Waals surface area (Å²) >= 11 is 0. The van der Waals surface area contributed by atoms with Crippen molar-refractivity contribution >= 4 is 21.6 Å². The molecule has 0 aliphatic carbocycles. The number of hydrogen-bond donors (Lipinski definition) is 3. The molecule has 0 saturated carbocycles. The van der Waals surface area contributed by atoms with E-state index in [1.54, 1.807) is 29.8 Å². The van der Waals surface area contributed by atoms with Crippen LogP contribution < -0.4 is 25.2 Å². The van der Waals surface area contributed by atoms with Crippen LogP contribution in [0.3, 0.4) is 0 Å². The van der Waals surface area contributed by atoms with E-state index in [-0.39, 0.29) is 24.5 Å². The summed E-state index contributed by atoms with van der Waals surface area (Å²) in [6.07, 6.45) is 0.721. The van der Waals surface area contributed by atoms with Crippen molar-refractivity contribution in [1.82, 2.24) is 21.0 Å². The fourth-order valence-corrected chi connectivity index (χ4v) is 6.90. The number of rotatable bonds is 12. The maximum atomic E-state index is 13.6. The van der Waals surface area contributed by atoms with Gasteiger partial charge >= 0.3 is 0 Å². The first kappa shape index (κ1) is 28.9. The van der Waals surface area contributed by atoms with E-state index in [9.17, 15) is 18.4 Å². The zero-order chi connectivity index (χ0) is 28.9. The number of sulfone groups is 1. The van der Waals surface area contributed by atoms with Crippen molar-refractivity contribution < 1.29 is 37.4 Å². The molecule has 2 aromatic carbocycles. The lowest BCUT2D eigenvalue weighted by Crippen LogP contribution is -2.57. The summed E-state index contributed by atoms with van der Waals surface area (Å²) < 4.78 is 47.1. The second-order valence-corrected chi connectivity index (χ2v) is 12.0. The van der Waals surface area contributed by atoms with Gasteiger partial charge < -0.3 is 39.5 Å². The van der Waals surface area contributed by atoms with Gasteiger partial charge in [0.15, 0.2) is 26.1 Å². The van der Waals surface area contributed by atoms with Crippen LogP contribution in [0.2, 0.25) is 0 Å². The number of carbonyl (C=O) groups is 1. The summed E-state index contributed by atoms with van der Waals surface area (Å²) in [5.74, 6) is 1.43. The lowest BCUT2D eigenvalue weighted by Gasteiger charge is -2.39. The highest BCUT2D eigenvalue weighted by Crippen LogP contribution is 2.37. The van der Waals surface area contributed by atoms with Crippen LogP contribution >= 0.6 is 0 Å². The number of hydroxylamine groups is 1. The highest BCUT2D eigenvalue weighted by Gasteiger charge is 2.52. The summed E-state index contributed by atoms with van der Waals surface area (Å²) in [5, 5.41) is 15.4. The molecule has 3 N–H and O–H groups in total. The van der Waals surface area contributed by atoms with Crippen LogP contribution in [0.4, 0.5) is 0 Å². The number of likely N-dealkylation sites (tertiary alicyclic amines) is 1. The molecule has 0 radical (unpaired) electrons. The number of amidine groups is 1. The third-order valence-corrected chi connectivity index (χ3v) is 9.85. The number of hydrazone groups is 1. The lowest BCUT2D eigenvalue weighted by atomic mass is 9.95. The van der Waals surface area contributed by atoms with Crippen LogP contribution in [0.15, 0.2) is 52.5 Å². The number of carbonyl (C=O) groups excluding carboxylic acids is 1. The third kappa shape index (κ3) is 6.04. The molecule has 222 valence electrons. The molecule has 0 atom stereocenters. The minimum Gasteiger partial charge on any atom is -0.494 e. The summed E-state index contributed by atoms with van der Waals surface area (Å²) in [6.45, 7) is 2.98. The van der Waals surface area contributed by atoms with Gasteiger partial charge in [-0.1, -0.05) is 6.07 Å². The van der Waals surface area contributed by atoms with Gasteiger partial charge in [-0.3, -0.25) is 10.0 Å². The standard InChI is InChI=1S/C26H34N6O8S/c1-37-16-14-31-12-9-26(10-13-31,25(33)29-34)41(35,36)21-6-4-20(5-7-21)38-15-2-11-32-28-24(27-30-32)19-3-8-22-23(17-19)40-18-39-22/h3-8,17,30H,2,9-16,18H2,1H3,(H3,27,28,29,33,34)/p-1. The first-order valence-corrected chi connectivity index (χ1v) is 14.7. The second kappa shape index (κ2) is 12.5. The molecular weight excluding hydrogens is 556 g/mol.